The first-order chi connectivity index (χ1) is 11.4. The second-order valence-corrected chi connectivity index (χ2v) is 6.42. The van der Waals surface area contributed by atoms with Gasteiger partial charge in [-0.2, -0.15) is 4.98 Å². The molecule has 1 aromatic carbocycles. The molecule has 0 aliphatic carbocycles. The lowest BCUT2D eigenvalue weighted by molar-refractivity contribution is -0.117. The van der Waals surface area contributed by atoms with Crippen LogP contribution in [0.25, 0.3) is 0 Å². The molecule has 0 unspecified atom stereocenters. The van der Waals surface area contributed by atoms with Crippen LogP contribution in [-0.4, -0.2) is 28.5 Å². The van der Waals surface area contributed by atoms with Gasteiger partial charge in [-0.15, -0.1) is 0 Å². The van der Waals surface area contributed by atoms with Crippen molar-refractivity contribution in [1.82, 2.24) is 15.5 Å². The van der Waals surface area contributed by atoms with Crippen LogP contribution in [0, 0.1) is 6.92 Å². The number of nitrogens with one attached hydrogen (secondary N) is 1. The Labute approximate surface area is 140 Å². The predicted molar refractivity (Wildman–Crippen MR) is 87.6 cm³/mol. The van der Waals surface area contributed by atoms with Gasteiger partial charge in [-0.25, -0.2) is 0 Å². The highest BCUT2D eigenvalue weighted by Crippen LogP contribution is 2.23. The van der Waals surface area contributed by atoms with E-state index in [2.05, 4.69) is 15.5 Å². The molecule has 24 heavy (non-hydrogen) atoms. The zero-order chi connectivity index (χ0) is 17.3. The molecular formula is C17H20N4O3. The van der Waals surface area contributed by atoms with Gasteiger partial charge in [-0.05, 0) is 51.5 Å². The number of hydrogen-bond donors (Lipinski definition) is 1. The normalized spacial score (nSPS) is 15.0. The van der Waals surface area contributed by atoms with Gasteiger partial charge in [0.15, 0.2) is 5.82 Å². The molecule has 0 spiro atoms. The van der Waals surface area contributed by atoms with Gasteiger partial charge < -0.3 is 14.7 Å². The molecule has 2 aromatic rings. The minimum absolute atomic E-state index is 0.125. The van der Waals surface area contributed by atoms with Crippen LogP contribution >= 0.6 is 0 Å². The molecule has 1 aromatic heterocycles. The Morgan fingerprint density at radius 3 is 2.54 bits per heavy atom. The van der Waals surface area contributed by atoms with E-state index in [4.69, 9.17) is 4.52 Å². The highest BCUT2D eigenvalue weighted by atomic mass is 16.5. The third-order valence-corrected chi connectivity index (χ3v) is 4.00. The third kappa shape index (κ3) is 3.15. The van der Waals surface area contributed by atoms with Crippen molar-refractivity contribution in [2.45, 2.75) is 39.2 Å². The summed E-state index contributed by atoms with van der Waals surface area (Å²) >= 11 is 0. The summed E-state index contributed by atoms with van der Waals surface area (Å²) in [4.78, 5) is 30.1. The molecule has 0 atom stereocenters. The second-order valence-electron chi connectivity index (χ2n) is 6.42. The van der Waals surface area contributed by atoms with Crippen molar-refractivity contribution < 1.29 is 14.1 Å². The molecule has 1 N–H and O–H groups in total. The Hall–Kier alpha value is -2.70. The third-order valence-electron chi connectivity index (χ3n) is 4.00. The van der Waals surface area contributed by atoms with Gasteiger partial charge in [0.2, 0.25) is 5.91 Å². The SMILES string of the molecule is Cc1noc(C(C)(C)NC(=O)c2ccc(N3CCCC3=O)cc2)n1. The number of amides is 2. The van der Waals surface area contributed by atoms with Crippen LogP contribution in [0.1, 0.15) is 48.8 Å². The number of nitrogens with zero attached hydrogens (tertiary/aromatic N) is 3. The molecule has 1 aliphatic heterocycles. The van der Waals surface area contributed by atoms with Crippen LogP contribution in [0.15, 0.2) is 28.8 Å². The summed E-state index contributed by atoms with van der Waals surface area (Å²) in [7, 11) is 0. The maximum Gasteiger partial charge on any atom is 0.252 e. The zero-order valence-corrected chi connectivity index (χ0v) is 14.0. The van der Waals surface area contributed by atoms with Crippen LogP contribution in [0.5, 0.6) is 0 Å². The van der Waals surface area contributed by atoms with Crippen LogP contribution in [-0.2, 0) is 10.3 Å². The molecular weight excluding hydrogens is 308 g/mol. The topological polar surface area (TPSA) is 88.3 Å². The van der Waals surface area contributed by atoms with Crippen molar-refractivity contribution in [1.29, 1.82) is 0 Å². The molecule has 0 saturated carbocycles. The van der Waals surface area contributed by atoms with Gasteiger partial charge >= 0.3 is 0 Å². The van der Waals surface area contributed by atoms with Crippen molar-refractivity contribution in [3.05, 3.63) is 41.5 Å². The van der Waals surface area contributed by atoms with E-state index in [9.17, 15) is 9.59 Å². The maximum absolute atomic E-state index is 12.5. The first-order valence-corrected chi connectivity index (χ1v) is 7.90. The van der Waals surface area contributed by atoms with Crippen LogP contribution in [0.4, 0.5) is 5.69 Å². The van der Waals surface area contributed by atoms with E-state index in [0.29, 0.717) is 23.7 Å². The zero-order valence-electron chi connectivity index (χ0n) is 14.0. The van der Waals surface area contributed by atoms with Crippen LogP contribution < -0.4 is 10.2 Å². The average Bonchev–Trinajstić information content (AvgIpc) is 3.16. The Morgan fingerprint density at radius 2 is 2.00 bits per heavy atom. The number of aromatic nitrogens is 2. The van der Waals surface area contributed by atoms with E-state index in [0.717, 1.165) is 18.7 Å². The van der Waals surface area contributed by atoms with E-state index in [1.165, 1.54) is 0 Å². The smallest absolute Gasteiger partial charge is 0.252 e. The largest absolute Gasteiger partial charge is 0.338 e. The minimum Gasteiger partial charge on any atom is -0.338 e. The lowest BCUT2D eigenvalue weighted by Gasteiger charge is -2.22. The van der Waals surface area contributed by atoms with Gasteiger partial charge in [0.25, 0.3) is 11.8 Å². The molecule has 3 rings (SSSR count). The maximum atomic E-state index is 12.5. The fraction of sp³-hybridized carbons (Fsp3) is 0.412. The summed E-state index contributed by atoms with van der Waals surface area (Å²) in [6.07, 6.45) is 1.46. The summed E-state index contributed by atoms with van der Waals surface area (Å²) in [6, 6.07) is 7.01. The number of benzene rings is 1. The van der Waals surface area contributed by atoms with Crippen molar-refractivity contribution in [2.24, 2.45) is 0 Å². The first-order valence-electron chi connectivity index (χ1n) is 7.90. The summed E-state index contributed by atoms with van der Waals surface area (Å²) in [6.45, 7) is 6.06. The number of hydrogen-bond acceptors (Lipinski definition) is 5. The van der Waals surface area contributed by atoms with Gasteiger partial charge in [-0.3, -0.25) is 9.59 Å². The number of carbonyl (C=O) groups excluding carboxylic acids is 2. The molecule has 0 bridgehead atoms. The number of aryl methyl sites for hydroxylation is 1. The van der Waals surface area contributed by atoms with Gasteiger partial charge in [0.1, 0.15) is 5.54 Å². The Bertz CT molecular complexity index is 764. The van der Waals surface area contributed by atoms with Crippen molar-refractivity contribution in [2.75, 3.05) is 11.4 Å². The average molecular weight is 328 g/mol. The molecule has 1 saturated heterocycles. The van der Waals surface area contributed by atoms with Crippen molar-refractivity contribution >= 4 is 17.5 Å². The molecule has 1 fully saturated rings. The molecule has 2 amide bonds. The highest BCUT2D eigenvalue weighted by Gasteiger charge is 2.29. The van der Waals surface area contributed by atoms with Crippen molar-refractivity contribution in [3.63, 3.8) is 0 Å². The van der Waals surface area contributed by atoms with Crippen LogP contribution in [0.3, 0.4) is 0 Å². The van der Waals surface area contributed by atoms with Crippen LogP contribution in [0.2, 0.25) is 0 Å². The van der Waals surface area contributed by atoms with E-state index in [1.54, 1.807) is 49.9 Å². The Kier molecular flexibility index (Phi) is 4.09. The standard InChI is InChI=1S/C17H20N4O3/c1-11-18-16(24-20-11)17(2,3)19-15(23)12-6-8-13(9-7-12)21-10-4-5-14(21)22/h6-9H,4-5,10H2,1-3H3,(H,19,23). The Morgan fingerprint density at radius 1 is 1.29 bits per heavy atom. The molecule has 7 heteroatoms. The molecule has 2 heterocycles. The highest BCUT2D eigenvalue weighted by molar-refractivity contribution is 5.97. The number of rotatable bonds is 4. The van der Waals surface area contributed by atoms with E-state index < -0.39 is 5.54 Å². The molecule has 126 valence electrons. The second kappa shape index (κ2) is 6.07. The van der Waals surface area contributed by atoms with Gasteiger partial charge in [-0.1, -0.05) is 5.16 Å². The van der Waals surface area contributed by atoms with Gasteiger partial charge in [0.05, 0.1) is 0 Å². The predicted octanol–water partition coefficient (Wildman–Crippen LogP) is 2.17. The fourth-order valence-electron chi connectivity index (χ4n) is 2.67. The summed E-state index contributed by atoms with van der Waals surface area (Å²) in [5.74, 6) is 0.759. The lowest BCUT2D eigenvalue weighted by atomic mass is 10.0. The quantitative estimate of drug-likeness (QED) is 0.929. The van der Waals surface area contributed by atoms with E-state index >= 15 is 0 Å². The number of carbonyl (C=O) groups is 2. The summed E-state index contributed by atoms with van der Waals surface area (Å²) in [5.41, 5.74) is 0.553. The van der Waals surface area contributed by atoms with E-state index in [1.807, 2.05) is 0 Å². The minimum atomic E-state index is -0.776. The fourth-order valence-corrected chi connectivity index (χ4v) is 2.67. The monoisotopic (exact) mass is 328 g/mol. The first kappa shape index (κ1) is 16.2. The van der Waals surface area contributed by atoms with Crippen molar-refractivity contribution in [3.8, 4) is 0 Å². The summed E-state index contributed by atoms with van der Waals surface area (Å²) < 4.78 is 5.14. The summed E-state index contributed by atoms with van der Waals surface area (Å²) in [5, 5.41) is 6.64. The lowest BCUT2D eigenvalue weighted by Crippen LogP contribution is -2.41. The molecule has 1 aliphatic rings. The Balaban J connectivity index is 1.72. The molecule has 7 nitrogen and oxygen atoms in total. The number of anilines is 1. The van der Waals surface area contributed by atoms with Gasteiger partial charge in [0, 0.05) is 24.2 Å². The van der Waals surface area contributed by atoms with E-state index in [-0.39, 0.29) is 11.8 Å². The molecule has 0 radical (unpaired) electrons.